The molecule has 1 N–H and O–H groups in total. The van der Waals surface area contributed by atoms with Crippen molar-refractivity contribution >= 4 is 23.8 Å². The highest BCUT2D eigenvalue weighted by atomic mass is 79.9. The number of hydrogen-bond donors (Lipinski definition) is 1. The first kappa shape index (κ1) is 14.6. The van der Waals surface area contributed by atoms with Crippen molar-refractivity contribution in [3.63, 3.8) is 0 Å². The summed E-state index contributed by atoms with van der Waals surface area (Å²) < 4.78 is 31.4. The third-order valence-corrected chi connectivity index (χ3v) is 3.13. The molecule has 1 fully saturated rings. The average Bonchev–Trinajstić information content (AvgIpc) is 2.53. The van der Waals surface area contributed by atoms with Crippen LogP contribution in [0.1, 0.15) is 13.8 Å². The van der Waals surface area contributed by atoms with Gasteiger partial charge in [-0.3, -0.25) is 9.05 Å². The zero-order valence-corrected chi connectivity index (χ0v) is 11.7. The van der Waals surface area contributed by atoms with Gasteiger partial charge in [0, 0.05) is 5.33 Å². The average molecular weight is 319 g/mol. The zero-order valence-electron chi connectivity index (χ0n) is 9.22. The molecule has 1 rings (SSSR count). The van der Waals surface area contributed by atoms with Crippen LogP contribution in [0, 0.1) is 0 Å². The van der Waals surface area contributed by atoms with E-state index in [1.165, 1.54) is 0 Å². The van der Waals surface area contributed by atoms with Gasteiger partial charge in [-0.25, -0.2) is 4.57 Å². The van der Waals surface area contributed by atoms with Crippen LogP contribution in [0.5, 0.6) is 0 Å². The van der Waals surface area contributed by atoms with E-state index in [1.807, 2.05) is 0 Å². The molecule has 8 heteroatoms. The molecular weight excluding hydrogens is 303 g/mol. The van der Waals surface area contributed by atoms with Crippen LogP contribution < -0.4 is 0 Å². The first-order valence-electron chi connectivity index (χ1n) is 4.84. The van der Waals surface area contributed by atoms with E-state index >= 15 is 0 Å². The molecule has 0 aromatic rings. The second-order valence-electron chi connectivity index (χ2n) is 3.74. The van der Waals surface area contributed by atoms with Gasteiger partial charge in [-0.05, 0) is 13.8 Å². The maximum atomic E-state index is 11.3. The molecule has 2 unspecified atom stereocenters. The first-order valence-corrected chi connectivity index (χ1v) is 7.46. The van der Waals surface area contributed by atoms with Crippen LogP contribution in [0.2, 0.25) is 0 Å². The third kappa shape index (κ3) is 5.23. The summed E-state index contributed by atoms with van der Waals surface area (Å²) in [5.74, 6) is -0.663. The van der Waals surface area contributed by atoms with E-state index in [-0.39, 0.29) is 19.3 Å². The number of phosphoric ester groups is 1. The molecule has 1 aliphatic rings. The molecular formula is C8H16BrO6P. The Morgan fingerprint density at radius 1 is 1.56 bits per heavy atom. The lowest BCUT2D eigenvalue weighted by atomic mass is 10.4. The van der Waals surface area contributed by atoms with Crippen molar-refractivity contribution in [1.29, 1.82) is 0 Å². The molecule has 96 valence electrons. The van der Waals surface area contributed by atoms with Gasteiger partial charge in [0.25, 0.3) is 0 Å². The second-order valence-corrected chi connectivity index (χ2v) is 5.98. The van der Waals surface area contributed by atoms with Gasteiger partial charge < -0.3 is 14.4 Å². The molecule has 0 aromatic carbocycles. The molecule has 0 amide bonds. The largest absolute Gasteiger partial charge is 0.472 e. The summed E-state index contributed by atoms with van der Waals surface area (Å²) in [5, 5.41) is 0.469. The van der Waals surface area contributed by atoms with E-state index in [9.17, 15) is 9.46 Å². The van der Waals surface area contributed by atoms with Crippen LogP contribution in [0.3, 0.4) is 0 Å². The molecule has 2 atom stereocenters. The van der Waals surface area contributed by atoms with Crippen molar-refractivity contribution in [2.24, 2.45) is 0 Å². The Kier molecular flexibility index (Phi) is 5.38. The summed E-state index contributed by atoms with van der Waals surface area (Å²) in [6.45, 7) is 3.96. The Balaban J connectivity index is 2.27. The highest BCUT2D eigenvalue weighted by Gasteiger charge is 2.34. The molecule has 0 aliphatic carbocycles. The lowest BCUT2D eigenvalue weighted by Crippen LogP contribution is -2.23. The lowest BCUT2D eigenvalue weighted by Gasteiger charge is -2.18. The smallest absolute Gasteiger partial charge is 0.348 e. The number of alkyl halides is 1. The van der Waals surface area contributed by atoms with Crippen LogP contribution >= 0.6 is 23.8 Å². The fraction of sp³-hybridized carbons (Fsp3) is 1.00. The van der Waals surface area contributed by atoms with Crippen LogP contribution in [-0.2, 0) is 23.1 Å². The van der Waals surface area contributed by atoms with Gasteiger partial charge in [-0.15, -0.1) is 0 Å². The third-order valence-electron chi connectivity index (χ3n) is 1.82. The number of ether oxygens (including phenoxy) is 2. The van der Waals surface area contributed by atoms with Crippen molar-refractivity contribution in [2.45, 2.75) is 25.7 Å². The van der Waals surface area contributed by atoms with Crippen molar-refractivity contribution < 1.29 is 28.0 Å². The molecule has 16 heavy (non-hydrogen) atoms. The molecule has 0 bridgehead atoms. The molecule has 6 nitrogen and oxygen atoms in total. The van der Waals surface area contributed by atoms with E-state index in [0.717, 1.165) is 0 Å². The Bertz CT molecular complexity index is 271. The maximum absolute atomic E-state index is 11.3. The fourth-order valence-corrected chi connectivity index (χ4v) is 2.37. The van der Waals surface area contributed by atoms with Gasteiger partial charge in [-0.1, -0.05) is 15.9 Å². The van der Waals surface area contributed by atoms with Gasteiger partial charge in [0.1, 0.15) is 6.10 Å². The predicted octanol–water partition coefficient (Wildman–Crippen LogP) is 1.67. The van der Waals surface area contributed by atoms with Crippen molar-refractivity contribution in [2.75, 3.05) is 25.2 Å². The minimum absolute atomic E-state index is 0.0283. The molecule has 0 radical (unpaired) electrons. The van der Waals surface area contributed by atoms with Gasteiger partial charge >= 0.3 is 7.82 Å². The SMILES string of the molecule is CC1(C)OCC(COP(=O)(O)OCCBr)O1. The molecule has 0 aromatic heterocycles. The highest BCUT2D eigenvalue weighted by molar-refractivity contribution is 9.09. The second kappa shape index (κ2) is 5.91. The van der Waals surface area contributed by atoms with Crippen LogP contribution in [0.25, 0.3) is 0 Å². The van der Waals surface area contributed by atoms with Gasteiger partial charge in [-0.2, -0.15) is 0 Å². The van der Waals surface area contributed by atoms with Crippen molar-refractivity contribution in [3.05, 3.63) is 0 Å². The predicted molar refractivity (Wildman–Crippen MR) is 60.4 cm³/mol. The minimum Gasteiger partial charge on any atom is -0.348 e. The Hall–Kier alpha value is 0.510. The Morgan fingerprint density at radius 3 is 2.75 bits per heavy atom. The summed E-state index contributed by atoms with van der Waals surface area (Å²) in [7, 11) is -3.97. The summed E-state index contributed by atoms with van der Waals surface area (Å²) >= 11 is 3.08. The van der Waals surface area contributed by atoms with Crippen LogP contribution in [0.15, 0.2) is 0 Å². The highest BCUT2D eigenvalue weighted by Crippen LogP contribution is 2.43. The standard InChI is InChI=1S/C8H16BrO6P/c1-8(2)12-5-7(15-8)6-14-16(10,11)13-4-3-9/h7H,3-6H2,1-2H3,(H,10,11). The topological polar surface area (TPSA) is 74.2 Å². The first-order chi connectivity index (χ1) is 7.35. The molecule has 1 aliphatic heterocycles. The van der Waals surface area contributed by atoms with Gasteiger partial charge in [0.15, 0.2) is 5.79 Å². The van der Waals surface area contributed by atoms with Crippen LogP contribution in [-0.4, -0.2) is 41.9 Å². The lowest BCUT2D eigenvalue weighted by molar-refractivity contribution is -0.142. The van der Waals surface area contributed by atoms with Gasteiger partial charge in [0.2, 0.25) is 0 Å². The zero-order chi connectivity index (χ0) is 12.2. The summed E-state index contributed by atoms with van der Waals surface area (Å²) in [6.07, 6.45) is -0.344. The number of phosphoric acid groups is 1. The van der Waals surface area contributed by atoms with Crippen molar-refractivity contribution in [1.82, 2.24) is 0 Å². The van der Waals surface area contributed by atoms with E-state index in [0.29, 0.717) is 11.9 Å². The number of rotatable bonds is 6. The Morgan fingerprint density at radius 2 is 2.25 bits per heavy atom. The van der Waals surface area contributed by atoms with E-state index in [2.05, 4.69) is 20.5 Å². The monoisotopic (exact) mass is 318 g/mol. The fourth-order valence-electron chi connectivity index (χ4n) is 1.21. The summed E-state index contributed by atoms with van der Waals surface area (Å²) in [6, 6.07) is 0. The van der Waals surface area contributed by atoms with E-state index in [1.54, 1.807) is 13.8 Å². The maximum Gasteiger partial charge on any atom is 0.472 e. The summed E-state index contributed by atoms with van der Waals surface area (Å²) in [5.41, 5.74) is 0. The van der Waals surface area contributed by atoms with E-state index in [4.69, 9.17) is 14.0 Å². The molecule has 0 spiro atoms. The Labute approximate surface area is 103 Å². The summed E-state index contributed by atoms with van der Waals surface area (Å²) in [4.78, 5) is 9.23. The number of halogens is 1. The van der Waals surface area contributed by atoms with E-state index < -0.39 is 13.6 Å². The minimum atomic E-state index is -3.97. The molecule has 0 saturated carbocycles. The molecule has 1 heterocycles. The number of hydrogen-bond acceptors (Lipinski definition) is 5. The quantitative estimate of drug-likeness (QED) is 0.593. The normalized spacial score (nSPS) is 27.9. The van der Waals surface area contributed by atoms with Crippen molar-refractivity contribution in [3.8, 4) is 0 Å². The van der Waals surface area contributed by atoms with Gasteiger partial charge in [0.05, 0.1) is 19.8 Å². The molecule has 1 saturated heterocycles. The van der Waals surface area contributed by atoms with Crippen LogP contribution in [0.4, 0.5) is 0 Å².